The second-order valence-electron chi connectivity index (χ2n) is 7.38. The Kier molecular flexibility index (Phi) is 5.94. The molecule has 0 N–H and O–H groups in total. The largest absolute Gasteiger partial charge is 0.360 e. The fourth-order valence-corrected chi connectivity index (χ4v) is 3.43. The number of hydrogen-bond acceptors (Lipinski definition) is 3. The number of nitrogens with zero attached hydrogens (tertiary/aromatic N) is 4. The van der Waals surface area contributed by atoms with E-state index in [4.69, 9.17) is 9.97 Å². The summed E-state index contributed by atoms with van der Waals surface area (Å²) in [6.07, 6.45) is 3.11. The third-order valence-corrected chi connectivity index (χ3v) is 4.90. The van der Waals surface area contributed by atoms with E-state index in [0.717, 1.165) is 36.0 Å². The summed E-state index contributed by atoms with van der Waals surface area (Å²) in [5.41, 5.74) is 5.74. The maximum absolute atomic E-state index is 4.93. The molecule has 4 nitrogen and oxygen atoms in total. The Labute approximate surface area is 162 Å². The van der Waals surface area contributed by atoms with Crippen LogP contribution in [-0.2, 0) is 6.42 Å². The first-order chi connectivity index (χ1) is 13.0. The van der Waals surface area contributed by atoms with Gasteiger partial charge in [0, 0.05) is 42.8 Å². The monoisotopic (exact) mass is 362 g/mol. The number of aryl methyl sites for hydroxylation is 3. The van der Waals surface area contributed by atoms with Crippen molar-refractivity contribution in [3.63, 3.8) is 0 Å². The van der Waals surface area contributed by atoms with Gasteiger partial charge in [-0.1, -0.05) is 19.4 Å². The molecule has 3 aromatic rings. The molecule has 0 spiro atoms. The molecule has 3 aromatic heterocycles. The van der Waals surface area contributed by atoms with E-state index >= 15 is 0 Å². The summed E-state index contributed by atoms with van der Waals surface area (Å²) >= 11 is 0. The van der Waals surface area contributed by atoms with Gasteiger partial charge in [-0.15, -0.1) is 0 Å². The quantitative estimate of drug-likeness (QED) is 0.592. The van der Waals surface area contributed by atoms with Gasteiger partial charge in [-0.05, 0) is 69.2 Å². The number of anilines is 1. The van der Waals surface area contributed by atoms with Crippen LogP contribution in [0.2, 0.25) is 0 Å². The lowest BCUT2D eigenvalue weighted by Crippen LogP contribution is -2.19. The molecule has 0 bridgehead atoms. The van der Waals surface area contributed by atoms with E-state index < -0.39 is 0 Å². The number of hydrogen-bond donors (Lipinski definition) is 0. The second kappa shape index (κ2) is 8.38. The Hall–Kier alpha value is -2.62. The first-order valence-corrected chi connectivity index (χ1v) is 9.78. The highest BCUT2D eigenvalue weighted by Crippen LogP contribution is 2.19. The Bertz CT molecular complexity index is 891. The number of unbranched alkanes of at least 4 members (excludes halogenated alkanes) is 1. The first-order valence-electron chi connectivity index (χ1n) is 9.78. The molecule has 0 saturated heterocycles. The van der Waals surface area contributed by atoms with Crippen LogP contribution < -0.4 is 4.90 Å². The van der Waals surface area contributed by atoms with Crippen molar-refractivity contribution in [2.24, 2.45) is 0 Å². The van der Waals surface area contributed by atoms with Gasteiger partial charge >= 0.3 is 0 Å². The van der Waals surface area contributed by atoms with Crippen molar-refractivity contribution in [3.05, 3.63) is 70.8 Å². The molecular formula is C23H30N4. The predicted octanol–water partition coefficient (Wildman–Crippen LogP) is 5.02. The summed E-state index contributed by atoms with van der Waals surface area (Å²) < 4.78 is 2.21. The number of pyridine rings is 2. The van der Waals surface area contributed by atoms with E-state index in [2.05, 4.69) is 86.7 Å². The van der Waals surface area contributed by atoms with Crippen molar-refractivity contribution < 1.29 is 0 Å². The van der Waals surface area contributed by atoms with Crippen LogP contribution in [0.3, 0.4) is 0 Å². The van der Waals surface area contributed by atoms with Crippen LogP contribution in [0.25, 0.3) is 5.82 Å². The van der Waals surface area contributed by atoms with Crippen LogP contribution >= 0.6 is 0 Å². The Balaban J connectivity index is 1.86. The molecule has 0 saturated carbocycles. The maximum atomic E-state index is 4.93. The third kappa shape index (κ3) is 4.57. The van der Waals surface area contributed by atoms with Crippen LogP contribution in [0.4, 0.5) is 5.82 Å². The highest BCUT2D eigenvalue weighted by atomic mass is 15.2. The molecule has 3 heterocycles. The zero-order chi connectivity index (χ0) is 19.4. The van der Waals surface area contributed by atoms with E-state index in [1.54, 1.807) is 0 Å². The third-order valence-electron chi connectivity index (χ3n) is 4.90. The average molecular weight is 363 g/mol. The minimum absolute atomic E-state index is 0.740. The molecule has 142 valence electrons. The minimum Gasteiger partial charge on any atom is -0.360 e. The van der Waals surface area contributed by atoms with Crippen LogP contribution in [0.5, 0.6) is 0 Å². The normalized spacial score (nSPS) is 11.0. The lowest BCUT2D eigenvalue weighted by molar-refractivity contribution is 0.757. The zero-order valence-corrected chi connectivity index (χ0v) is 17.2. The molecule has 0 aliphatic rings. The van der Waals surface area contributed by atoms with Gasteiger partial charge in [0.25, 0.3) is 0 Å². The van der Waals surface area contributed by atoms with Crippen LogP contribution in [0.15, 0.2) is 42.5 Å². The molecule has 27 heavy (non-hydrogen) atoms. The Morgan fingerprint density at radius 1 is 0.926 bits per heavy atom. The molecule has 0 aromatic carbocycles. The Morgan fingerprint density at radius 3 is 2.37 bits per heavy atom. The summed E-state index contributed by atoms with van der Waals surface area (Å²) in [5.74, 6) is 2.02. The molecule has 0 atom stereocenters. The second-order valence-corrected chi connectivity index (χ2v) is 7.38. The Morgan fingerprint density at radius 2 is 1.67 bits per heavy atom. The van der Waals surface area contributed by atoms with Gasteiger partial charge in [-0.2, -0.15) is 0 Å². The van der Waals surface area contributed by atoms with Gasteiger partial charge in [0.05, 0.1) is 0 Å². The van der Waals surface area contributed by atoms with Crippen molar-refractivity contribution in [1.82, 2.24) is 14.5 Å². The van der Waals surface area contributed by atoms with Crippen molar-refractivity contribution in [1.29, 1.82) is 0 Å². The minimum atomic E-state index is 0.740. The van der Waals surface area contributed by atoms with Crippen LogP contribution in [0.1, 0.15) is 48.1 Å². The van der Waals surface area contributed by atoms with Crippen LogP contribution in [-0.4, -0.2) is 28.1 Å². The summed E-state index contributed by atoms with van der Waals surface area (Å²) in [4.78, 5) is 12.0. The zero-order valence-electron chi connectivity index (χ0n) is 17.2. The van der Waals surface area contributed by atoms with E-state index in [9.17, 15) is 0 Å². The average Bonchev–Trinajstić information content (AvgIpc) is 2.97. The van der Waals surface area contributed by atoms with Gasteiger partial charge in [0.15, 0.2) is 0 Å². The molecule has 0 fully saturated rings. The molecule has 0 radical (unpaired) electrons. The van der Waals surface area contributed by atoms with Crippen LogP contribution in [0, 0.1) is 20.8 Å². The standard InChI is InChI=1S/C23H30N4/c1-6-7-13-26(5)22-10-8-9-20(24-22)16-21-14-17(2)15-23(25-21)27-18(3)11-12-19(27)4/h8-12,14-15H,6-7,13,16H2,1-5H3. The van der Waals surface area contributed by atoms with E-state index in [1.165, 1.54) is 29.8 Å². The van der Waals surface area contributed by atoms with Crippen molar-refractivity contribution >= 4 is 5.82 Å². The highest BCUT2D eigenvalue weighted by molar-refractivity contribution is 5.40. The van der Waals surface area contributed by atoms with E-state index in [-0.39, 0.29) is 0 Å². The van der Waals surface area contributed by atoms with Gasteiger partial charge in [0.2, 0.25) is 0 Å². The molecule has 0 amide bonds. The summed E-state index contributed by atoms with van der Waals surface area (Å²) in [7, 11) is 2.11. The summed E-state index contributed by atoms with van der Waals surface area (Å²) in [6.45, 7) is 9.62. The topological polar surface area (TPSA) is 34.0 Å². The fourth-order valence-electron chi connectivity index (χ4n) is 3.43. The van der Waals surface area contributed by atoms with Gasteiger partial charge in [0.1, 0.15) is 11.6 Å². The summed E-state index contributed by atoms with van der Waals surface area (Å²) in [5, 5.41) is 0. The molecule has 0 aliphatic heterocycles. The van der Waals surface area contributed by atoms with E-state index in [0.29, 0.717) is 0 Å². The first kappa shape index (κ1) is 19.2. The van der Waals surface area contributed by atoms with Gasteiger partial charge < -0.3 is 9.47 Å². The van der Waals surface area contributed by atoms with Crippen molar-refractivity contribution in [2.45, 2.75) is 47.0 Å². The number of rotatable bonds is 7. The number of aromatic nitrogens is 3. The fraction of sp³-hybridized carbons (Fsp3) is 0.391. The smallest absolute Gasteiger partial charge is 0.137 e. The van der Waals surface area contributed by atoms with Gasteiger partial charge in [-0.3, -0.25) is 0 Å². The van der Waals surface area contributed by atoms with Crippen molar-refractivity contribution in [3.8, 4) is 5.82 Å². The van der Waals surface area contributed by atoms with E-state index in [1.807, 2.05) is 0 Å². The lowest BCUT2D eigenvalue weighted by Gasteiger charge is -2.18. The summed E-state index contributed by atoms with van der Waals surface area (Å²) in [6, 6.07) is 14.8. The molecule has 0 unspecified atom stereocenters. The molecule has 0 aliphatic carbocycles. The molecule has 3 rings (SSSR count). The lowest BCUT2D eigenvalue weighted by atomic mass is 10.1. The molecule has 4 heteroatoms. The van der Waals surface area contributed by atoms with Crippen molar-refractivity contribution in [2.75, 3.05) is 18.5 Å². The maximum Gasteiger partial charge on any atom is 0.137 e. The predicted molar refractivity (Wildman–Crippen MR) is 113 cm³/mol. The highest BCUT2D eigenvalue weighted by Gasteiger charge is 2.09. The SMILES string of the molecule is CCCCN(C)c1cccc(Cc2cc(C)cc(-n3c(C)ccc3C)n2)n1. The molecular weight excluding hydrogens is 332 g/mol. The van der Waals surface area contributed by atoms with Gasteiger partial charge in [-0.25, -0.2) is 9.97 Å².